The molecule has 4 unspecified atom stereocenters. The van der Waals surface area contributed by atoms with Crippen LogP contribution in [0.3, 0.4) is 0 Å². The Bertz CT molecular complexity index is 1530. The number of likely N-dealkylation sites (tertiary alicyclic amines) is 1. The summed E-state index contributed by atoms with van der Waals surface area (Å²) in [6, 6.07) is 3.74. The van der Waals surface area contributed by atoms with Gasteiger partial charge in [-0.05, 0) is 72.8 Å². The van der Waals surface area contributed by atoms with Crippen molar-refractivity contribution in [2.75, 3.05) is 19.7 Å². The minimum absolute atomic E-state index is 0.0533. The zero-order valence-electron chi connectivity index (χ0n) is 32.7. The summed E-state index contributed by atoms with van der Waals surface area (Å²) in [5.74, 6) is -2.78. The van der Waals surface area contributed by atoms with Gasteiger partial charge >= 0.3 is 12.1 Å². The van der Waals surface area contributed by atoms with E-state index >= 15 is 0 Å². The largest absolute Gasteiger partial charge is 0.447 e. The number of carbonyl (C=O) groups excluding carboxylic acids is 6. The van der Waals surface area contributed by atoms with E-state index < -0.39 is 59.3 Å². The summed E-state index contributed by atoms with van der Waals surface area (Å²) in [6.07, 6.45) is 3.65. The first kappa shape index (κ1) is 41.3. The number of urea groups is 1. The van der Waals surface area contributed by atoms with Gasteiger partial charge in [0.2, 0.25) is 17.6 Å². The number of unbranched alkanes of at least 4 members (excludes halogenated alkanes) is 1. The molecule has 13 heteroatoms. The van der Waals surface area contributed by atoms with Gasteiger partial charge in [0.25, 0.3) is 5.91 Å². The maximum absolute atomic E-state index is 14.8. The second-order valence-electron chi connectivity index (χ2n) is 16.8. The summed E-state index contributed by atoms with van der Waals surface area (Å²) in [4.78, 5) is 82.6. The number of Topliss-reactive ketones (excluding diaryl/α,β-unsaturated/α-hetero) is 1. The van der Waals surface area contributed by atoms with Crippen LogP contribution in [0.1, 0.15) is 85.8 Å². The number of nitrogens with zero attached hydrogens (tertiary/aromatic N) is 1. The lowest BCUT2D eigenvalue weighted by Gasteiger charge is -2.36. The number of rotatable bonds is 16. The molecule has 0 aromatic heterocycles. The fourth-order valence-electron chi connectivity index (χ4n) is 7.83. The molecule has 6 atom stereocenters. The van der Waals surface area contributed by atoms with E-state index in [2.05, 4.69) is 47.0 Å². The van der Waals surface area contributed by atoms with Crippen molar-refractivity contribution in [3.63, 3.8) is 0 Å². The van der Waals surface area contributed by atoms with Crippen LogP contribution in [-0.4, -0.2) is 90.4 Å². The Morgan fingerprint density at radius 3 is 2.21 bits per heavy atom. The molecule has 2 fully saturated rings. The van der Waals surface area contributed by atoms with Crippen molar-refractivity contribution < 1.29 is 33.5 Å². The van der Waals surface area contributed by atoms with E-state index in [1.165, 1.54) is 6.08 Å². The normalized spacial score (nSPS) is 21.7. The van der Waals surface area contributed by atoms with Crippen molar-refractivity contribution >= 4 is 35.6 Å². The summed E-state index contributed by atoms with van der Waals surface area (Å²) in [7, 11) is 0. The maximum Gasteiger partial charge on any atom is 0.407 e. The molecule has 1 aliphatic heterocycles. The van der Waals surface area contributed by atoms with Crippen LogP contribution in [0.15, 0.2) is 36.9 Å². The fourth-order valence-corrected chi connectivity index (χ4v) is 7.83. The average Bonchev–Trinajstić information content (AvgIpc) is 3.44. The van der Waals surface area contributed by atoms with Crippen molar-refractivity contribution in [3.05, 3.63) is 48.0 Å². The molecule has 1 saturated heterocycles. The molecular formula is C40H60N6O7. The van der Waals surface area contributed by atoms with Gasteiger partial charge < -0.3 is 36.2 Å². The van der Waals surface area contributed by atoms with Gasteiger partial charge in [0, 0.05) is 19.1 Å². The van der Waals surface area contributed by atoms with Crippen LogP contribution in [0, 0.1) is 28.6 Å². The highest BCUT2D eigenvalue weighted by Gasteiger charge is 2.69. The number of fused-ring (bicyclic) bond motifs is 2. The topological polar surface area (TPSA) is 175 Å². The minimum atomic E-state index is -1.05. The molecular weight excluding hydrogens is 676 g/mol. The van der Waals surface area contributed by atoms with Crippen molar-refractivity contribution in [2.45, 2.75) is 118 Å². The molecule has 6 amide bonds. The first-order chi connectivity index (χ1) is 24.9. The summed E-state index contributed by atoms with van der Waals surface area (Å²) in [5.41, 5.74) is 1.48. The van der Waals surface area contributed by atoms with Gasteiger partial charge in [-0.2, -0.15) is 0 Å². The van der Waals surface area contributed by atoms with Gasteiger partial charge in [-0.25, -0.2) is 9.59 Å². The average molecular weight is 737 g/mol. The van der Waals surface area contributed by atoms with Gasteiger partial charge in [0.05, 0.1) is 12.1 Å². The Morgan fingerprint density at radius 1 is 1.00 bits per heavy atom. The van der Waals surface area contributed by atoms with E-state index in [0.29, 0.717) is 25.8 Å². The number of hydrogen-bond acceptors (Lipinski definition) is 7. The minimum Gasteiger partial charge on any atom is -0.447 e. The zero-order chi connectivity index (χ0) is 39.2. The molecule has 292 valence electrons. The second-order valence-corrected chi connectivity index (χ2v) is 16.8. The molecule has 1 aromatic carbocycles. The third kappa shape index (κ3) is 9.97. The van der Waals surface area contributed by atoms with Crippen molar-refractivity contribution in [2.24, 2.45) is 28.6 Å². The van der Waals surface area contributed by atoms with Crippen molar-refractivity contribution in [3.8, 4) is 0 Å². The maximum atomic E-state index is 14.8. The van der Waals surface area contributed by atoms with E-state index in [-0.39, 0.29) is 54.7 Å². The number of alkyl carbamates (subject to hydrolysis) is 1. The van der Waals surface area contributed by atoms with E-state index in [1.54, 1.807) is 4.90 Å². The lowest BCUT2D eigenvalue weighted by molar-refractivity contribution is -0.144. The Hall–Kier alpha value is -4.42. The van der Waals surface area contributed by atoms with E-state index in [0.717, 1.165) is 17.5 Å². The smallest absolute Gasteiger partial charge is 0.407 e. The number of nitrogens with one attached hydrogen (secondary N) is 5. The number of hydrogen-bond donors (Lipinski definition) is 5. The van der Waals surface area contributed by atoms with Gasteiger partial charge in [-0.15, -0.1) is 6.58 Å². The Kier molecular flexibility index (Phi) is 13.4. The molecule has 13 nitrogen and oxygen atoms in total. The third-order valence-electron chi connectivity index (χ3n) is 11.1. The Balaban J connectivity index is 1.59. The highest BCUT2D eigenvalue weighted by atomic mass is 16.5. The number of ketones is 1. The molecule has 4 rings (SSSR count). The van der Waals surface area contributed by atoms with Gasteiger partial charge in [0.1, 0.15) is 18.7 Å². The quantitative estimate of drug-likeness (QED) is 0.127. The van der Waals surface area contributed by atoms with E-state index in [9.17, 15) is 28.8 Å². The predicted molar refractivity (Wildman–Crippen MR) is 202 cm³/mol. The van der Waals surface area contributed by atoms with Crippen LogP contribution in [0.2, 0.25) is 0 Å². The van der Waals surface area contributed by atoms with Crippen molar-refractivity contribution in [1.29, 1.82) is 0 Å². The Labute approximate surface area is 314 Å². The second kappa shape index (κ2) is 17.2. The van der Waals surface area contributed by atoms with Crippen LogP contribution in [0.5, 0.6) is 0 Å². The van der Waals surface area contributed by atoms with Crippen LogP contribution in [-0.2, 0) is 36.8 Å². The monoisotopic (exact) mass is 736 g/mol. The van der Waals surface area contributed by atoms with E-state index in [1.807, 2.05) is 65.8 Å². The molecule has 0 bridgehead atoms. The van der Waals surface area contributed by atoms with Crippen LogP contribution >= 0.6 is 0 Å². The third-order valence-corrected chi connectivity index (χ3v) is 11.1. The summed E-state index contributed by atoms with van der Waals surface area (Å²) < 4.78 is 5.44. The predicted octanol–water partition coefficient (Wildman–Crippen LogP) is 3.65. The number of benzene rings is 1. The lowest BCUT2D eigenvalue weighted by atomic mass is 9.87. The van der Waals surface area contributed by atoms with Crippen LogP contribution < -0.4 is 26.6 Å². The highest BCUT2D eigenvalue weighted by Crippen LogP contribution is 2.65. The number of carbonyl (C=O) groups is 6. The fraction of sp³-hybridized carbons (Fsp3) is 0.650. The number of piperidine rings is 1. The SMILES string of the molecule is C=CCNC(=O)C(=O)C(CCCC)NC(=O)C1[C@@H]2[C@H](CN1C(=O)C(NC(=O)NC(COC(=O)NC(C)C)C(C)(C)C)C1Cc3ccccc3C1)C2(C)C. The summed E-state index contributed by atoms with van der Waals surface area (Å²) >= 11 is 0. The molecule has 1 heterocycles. The highest BCUT2D eigenvalue weighted by molar-refractivity contribution is 6.38. The van der Waals surface area contributed by atoms with Crippen LogP contribution in [0.25, 0.3) is 0 Å². The molecule has 1 saturated carbocycles. The molecule has 3 aliphatic rings. The number of ether oxygens (including phenoxy) is 1. The van der Waals surface area contributed by atoms with Gasteiger partial charge in [-0.1, -0.05) is 84.7 Å². The van der Waals surface area contributed by atoms with E-state index in [4.69, 9.17) is 4.74 Å². The molecule has 1 aromatic rings. The van der Waals surface area contributed by atoms with Gasteiger partial charge in [-0.3, -0.25) is 19.2 Å². The first-order valence-corrected chi connectivity index (χ1v) is 19.0. The molecule has 0 spiro atoms. The Morgan fingerprint density at radius 2 is 1.64 bits per heavy atom. The summed E-state index contributed by atoms with van der Waals surface area (Å²) in [6.45, 7) is 19.4. The molecule has 53 heavy (non-hydrogen) atoms. The van der Waals surface area contributed by atoms with Crippen LogP contribution in [0.4, 0.5) is 9.59 Å². The number of amides is 6. The van der Waals surface area contributed by atoms with Gasteiger partial charge in [0.15, 0.2) is 0 Å². The molecule has 5 N–H and O–H groups in total. The van der Waals surface area contributed by atoms with Crippen molar-refractivity contribution in [1.82, 2.24) is 31.5 Å². The first-order valence-electron chi connectivity index (χ1n) is 19.0. The zero-order valence-corrected chi connectivity index (χ0v) is 32.7. The standard InChI is InChI=1S/C40H60N6O7/c1-10-12-17-28(33(47)35(49)41-18-11-2)43-34(48)32-30-27(40(30,8)9)21-46(32)36(50)31(26-19-24-15-13-14-16-25(24)20-26)45-37(51)44-29(39(5,6)7)22-53-38(52)42-23(3)4/h11,13-16,23,26-32H,2,10,12,17-22H2,1,3-9H3,(H,41,49)(H,42,52)(H,43,48)(H2,44,45,51)/t27-,28?,29?,30-,31?,32?/m0/s1. The molecule has 0 radical (unpaired) electrons. The lowest BCUT2D eigenvalue weighted by Crippen LogP contribution is -2.61. The molecule has 2 aliphatic carbocycles. The summed E-state index contributed by atoms with van der Waals surface area (Å²) in [5, 5.41) is 14.0.